The quantitative estimate of drug-likeness (QED) is 0.458. The number of nitrogens with one attached hydrogen (secondary N) is 2. The molecule has 0 aromatic heterocycles. The van der Waals surface area contributed by atoms with E-state index in [0.29, 0.717) is 4.90 Å². The summed E-state index contributed by atoms with van der Waals surface area (Å²) in [5.74, 6) is -1.71. The predicted molar refractivity (Wildman–Crippen MR) is 83.1 cm³/mol. The Morgan fingerprint density at radius 3 is 2.52 bits per heavy atom. The maximum absolute atomic E-state index is 13.5. The monoisotopic (exact) mass is 366 g/mol. The van der Waals surface area contributed by atoms with Crippen LogP contribution in [0, 0.1) is 11.6 Å². The van der Waals surface area contributed by atoms with Crippen LogP contribution in [0.4, 0.5) is 22.0 Å². The number of carbonyl (C=O) groups is 1. The number of nitrogens with zero attached hydrogens (tertiary/aromatic N) is 2. The summed E-state index contributed by atoms with van der Waals surface area (Å²) in [4.78, 5) is 16.0. The Morgan fingerprint density at radius 1 is 1.24 bits per heavy atom. The van der Waals surface area contributed by atoms with Crippen LogP contribution in [-0.4, -0.2) is 56.7 Å². The summed E-state index contributed by atoms with van der Waals surface area (Å²) in [7, 11) is 2.45. The Hall–Kier alpha value is -2.39. The van der Waals surface area contributed by atoms with Gasteiger partial charge in [0.05, 0.1) is 6.54 Å². The summed E-state index contributed by atoms with van der Waals surface area (Å²) in [6, 6.07) is 3.10. The zero-order valence-corrected chi connectivity index (χ0v) is 13.8. The predicted octanol–water partition coefficient (Wildman–Crippen LogP) is 1.69. The van der Waals surface area contributed by atoms with E-state index < -0.39 is 30.3 Å². The maximum Gasteiger partial charge on any atom is 0.406 e. The minimum absolute atomic E-state index is 0.158. The molecule has 1 rings (SSSR count). The van der Waals surface area contributed by atoms with E-state index in [-0.39, 0.29) is 31.0 Å². The Bertz CT molecular complexity index is 618. The van der Waals surface area contributed by atoms with Gasteiger partial charge in [-0.05, 0) is 30.2 Å². The topological polar surface area (TPSA) is 56.7 Å². The van der Waals surface area contributed by atoms with Gasteiger partial charge in [-0.1, -0.05) is 0 Å². The van der Waals surface area contributed by atoms with Gasteiger partial charge in [-0.2, -0.15) is 13.2 Å². The average molecular weight is 366 g/mol. The van der Waals surface area contributed by atoms with E-state index >= 15 is 0 Å². The van der Waals surface area contributed by atoms with Crippen LogP contribution in [0.5, 0.6) is 0 Å². The van der Waals surface area contributed by atoms with Gasteiger partial charge in [0.1, 0.15) is 18.2 Å². The third kappa shape index (κ3) is 7.81. The standard InChI is InChI=1S/C15H19F5N4O/c1-21-14(23-8-13(25)24(2)9-15(18,19)20)22-6-5-10-7-11(16)3-4-12(10)17/h3-4,7H,5-6,8-9H2,1-2H3,(H2,21,22,23). The summed E-state index contributed by atoms with van der Waals surface area (Å²) in [5.41, 5.74) is 0.170. The van der Waals surface area contributed by atoms with Crippen molar-refractivity contribution in [3.05, 3.63) is 35.4 Å². The van der Waals surface area contributed by atoms with Crippen LogP contribution in [-0.2, 0) is 11.2 Å². The summed E-state index contributed by atoms with van der Waals surface area (Å²) in [6.45, 7) is -1.55. The Kier molecular flexibility index (Phi) is 7.59. The van der Waals surface area contributed by atoms with Gasteiger partial charge in [0.25, 0.3) is 0 Å². The number of amides is 1. The minimum atomic E-state index is -4.47. The molecule has 0 bridgehead atoms. The maximum atomic E-state index is 13.5. The number of likely N-dealkylation sites (N-methyl/N-ethyl adjacent to an activating group) is 1. The fourth-order valence-electron chi connectivity index (χ4n) is 1.92. The lowest BCUT2D eigenvalue weighted by atomic mass is 10.1. The number of hydrogen-bond donors (Lipinski definition) is 2. The molecule has 0 saturated heterocycles. The van der Waals surface area contributed by atoms with E-state index in [0.717, 1.165) is 25.2 Å². The van der Waals surface area contributed by atoms with Gasteiger partial charge < -0.3 is 15.5 Å². The highest BCUT2D eigenvalue weighted by atomic mass is 19.4. The molecule has 0 aliphatic heterocycles. The van der Waals surface area contributed by atoms with Gasteiger partial charge in [0, 0.05) is 20.6 Å². The first-order valence-corrected chi connectivity index (χ1v) is 7.31. The van der Waals surface area contributed by atoms with Gasteiger partial charge in [0.15, 0.2) is 5.96 Å². The molecule has 0 unspecified atom stereocenters. The number of rotatable bonds is 6. The number of aliphatic imine (C=N–C) groups is 1. The van der Waals surface area contributed by atoms with Gasteiger partial charge in [-0.25, -0.2) is 8.78 Å². The number of halogens is 5. The smallest absolute Gasteiger partial charge is 0.356 e. The van der Waals surface area contributed by atoms with Crippen LogP contribution < -0.4 is 10.6 Å². The van der Waals surface area contributed by atoms with Crippen molar-refractivity contribution in [2.24, 2.45) is 4.99 Å². The van der Waals surface area contributed by atoms with Crippen LogP contribution in [0.3, 0.4) is 0 Å². The third-order valence-electron chi connectivity index (χ3n) is 3.17. The number of alkyl halides is 3. The molecule has 5 nitrogen and oxygen atoms in total. The molecule has 0 aliphatic rings. The second-order valence-corrected chi connectivity index (χ2v) is 5.20. The van der Waals surface area contributed by atoms with E-state index in [2.05, 4.69) is 15.6 Å². The first-order valence-electron chi connectivity index (χ1n) is 7.31. The Labute approximate surface area is 141 Å². The first kappa shape index (κ1) is 20.7. The minimum Gasteiger partial charge on any atom is -0.356 e. The molecule has 1 amide bonds. The molecular weight excluding hydrogens is 347 g/mol. The zero-order chi connectivity index (χ0) is 19.0. The van der Waals surface area contributed by atoms with Crippen molar-refractivity contribution < 1.29 is 26.7 Å². The average Bonchev–Trinajstić information content (AvgIpc) is 2.51. The lowest BCUT2D eigenvalue weighted by molar-refractivity contribution is -0.157. The highest BCUT2D eigenvalue weighted by molar-refractivity contribution is 5.86. The van der Waals surface area contributed by atoms with Gasteiger partial charge in [0.2, 0.25) is 5.91 Å². The molecule has 0 aliphatic carbocycles. The van der Waals surface area contributed by atoms with E-state index in [4.69, 9.17) is 0 Å². The second kappa shape index (κ2) is 9.19. The molecular formula is C15H19F5N4O. The number of guanidine groups is 1. The molecule has 0 radical (unpaired) electrons. The molecule has 0 heterocycles. The number of hydrogen-bond acceptors (Lipinski definition) is 2. The summed E-state index contributed by atoms with van der Waals surface area (Å²) < 4.78 is 63.2. The van der Waals surface area contributed by atoms with Crippen molar-refractivity contribution in [2.75, 3.05) is 33.7 Å². The van der Waals surface area contributed by atoms with Crippen molar-refractivity contribution >= 4 is 11.9 Å². The molecule has 0 fully saturated rings. The lowest BCUT2D eigenvalue weighted by Gasteiger charge is -2.20. The highest BCUT2D eigenvalue weighted by Crippen LogP contribution is 2.15. The first-order chi connectivity index (χ1) is 11.6. The summed E-state index contributed by atoms with van der Waals surface area (Å²) in [5, 5.41) is 5.32. The zero-order valence-electron chi connectivity index (χ0n) is 13.8. The molecule has 1 aromatic carbocycles. The van der Waals surface area contributed by atoms with E-state index in [9.17, 15) is 26.7 Å². The summed E-state index contributed by atoms with van der Waals surface area (Å²) in [6.07, 6.45) is -4.31. The van der Waals surface area contributed by atoms with Crippen molar-refractivity contribution in [2.45, 2.75) is 12.6 Å². The van der Waals surface area contributed by atoms with Crippen LogP contribution in [0.25, 0.3) is 0 Å². The van der Waals surface area contributed by atoms with Crippen LogP contribution in [0.15, 0.2) is 23.2 Å². The third-order valence-corrected chi connectivity index (χ3v) is 3.17. The molecule has 0 atom stereocenters. The van der Waals surface area contributed by atoms with Gasteiger partial charge in [-0.15, -0.1) is 0 Å². The van der Waals surface area contributed by atoms with Crippen LogP contribution in [0.1, 0.15) is 5.56 Å². The van der Waals surface area contributed by atoms with Crippen molar-refractivity contribution in [3.8, 4) is 0 Å². The van der Waals surface area contributed by atoms with Crippen molar-refractivity contribution in [3.63, 3.8) is 0 Å². The molecule has 10 heteroatoms. The largest absolute Gasteiger partial charge is 0.406 e. The second-order valence-electron chi connectivity index (χ2n) is 5.20. The van der Waals surface area contributed by atoms with Gasteiger partial charge in [-0.3, -0.25) is 9.79 Å². The van der Waals surface area contributed by atoms with Crippen molar-refractivity contribution in [1.82, 2.24) is 15.5 Å². The Balaban J connectivity index is 2.42. The summed E-state index contributed by atoms with van der Waals surface area (Å²) >= 11 is 0. The van der Waals surface area contributed by atoms with E-state index in [1.54, 1.807) is 0 Å². The van der Waals surface area contributed by atoms with Gasteiger partial charge >= 0.3 is 6.18 Å². The lowest BCUT2D eigenvalue weighted by Crippen LogP contribution is -2.45. The molecule has 140 valence electrons. The van der Waals surface area contributed by atoms with Crippen LogP contribution >= 0.6 is 0 Å². The number of benzene rings is 1. The number of carbonyl (C=O) groups excluding carboxylic acids is 1. The van der Waals surface area contributed by atoms with Crippen molar-refractivity contribution in [1.29, 1.82) is 0 Å². The SMILES string of the molecule is CN=C(NCCc1cc(F)ccc1F)NCC(=O)N(C)CC(F)(F)F. The van der Waals surface area contributed by atoms with Crippen LogP contribution in [0.2, 0.25) is 0 Å². The Morgan fingerprint density at radius 2 is 1.92 bits per heavy atom. The normalized spacial score (nSPS) is 12.0. The molecule has 1 aromatic rings. The fraction of sp³-hybridized carbons (Fsp3) is 0.467. The molecule has 0 saturated carbocycles. The fourth-order valence-corrected chi connectivity index (χ4v) is 1.92. The van der Waals surface area contributed by atoms with E-state index in [1.807, 2.05) is 0 Å². The highest BCUT2D eigenvalue weighted by Gasteiger charge is 2.31. The molecule has 2 N–H and O–H groups in total. The van der Waals surface area contributed by atoms with E-state index in [1.165, 1.54) is 7.05 Å². The molecule has 0 spiro atoms. The molecule has 25 heavy (non-hydrogen) atoms.